The standard InChI is InChI=1S/C9H16N2S/c1-4-7(2)10-5-9-8(3)11-6-12-9/h6-7,10H,4-5H2,1-3H3. The van der Waals surface area contributed by atoms with Crippen molar-refractivity contribution < 1.29 is 0 Å². The molecule has 1 aromatic heterocycles. The fourth-order valence-electron chi connectivity index (χ4n) is 0.907. The number of nitrogens with one attached hydrogen (secondary N) is 1. The third kappa shape index (κ3) is 2.57. The largest absolute Gasteiger partial charge is 0.309 e. The average molecular weight is 184 g/mol. The van der Waals surface area contributed by atoms with Crippen LogP contribution in [-0.2, 0) is 6.54 Å². The van der Waals surface area contributed by atoms with E-state index >= 15 is 0 Å². The Hall–Kier alpha value is -0.410. The molecule has 0 aliphatic rings. The highest BCUT2D eigenvalue weighted by Crippen LogP contribution is 2.11. The van der Waals surface area contributed by atoms with Crippen LogP contribution in [0.4, 0.5) is 0 Å². The van der Waals surface area contributed by atoms with Crippen LogP contribution in [0.15, 0.2) is 5.51 Å². The number of rotatable bonds is 4. The van der Waals surface area contributed by atoms with E-state index in [0.717, 1.165) is 12.2 Å². The van der Waals surface area contributed by atoms with E-state index in [4.69, 9.17) is 0 Å². The summed E-state index contributed by atoms with van der Waals surface area (Å²) in [7, 11) is 0. The van der Waals surface area contributed by atoms with E-state index in [1.165, 1.54) is 11.3 Å². The van der Waals surface area contributed by atoms with Crippen molar-refractivity contribution in [1.82, 2.24) is 10.3 Å². The molecular weight excluding hydrogens is 168 g/mol. The summed E-state index contributed by atoms with van der Waals surface area (Å²) < 4.78 is 0. The molecule has 3 heteroatoms. The van der Waals surface area contributed by atoms with Gasteiger partial charge in [-0.25, -0.2) is 4.98 Å². The molecule has 0 radical (unpaired) electrons. The first-order valence-corrected chi connectivity index (χ1v) is 5.24. The van der Waals surface area contributed by atoms with Crippen LogP contribution in [0.2, 0.25) is 0 Å². The number of aromatic nitrogens is 1. The van der Waals surface area contributed by atoms with Crippen LogP contribution in [0.5, 0.6) is 0 Å². The molecule has 1 unspecified atom stereocenters. The molecule has 0 aliphatic carbocycles. The summed E-state index contributed by atoms with van der Waals surface area (Å²) in [6, 6.07) is 0.603. The summed E-state index contributed by atoms with van der Waals surface area (Å²) in [5, 5.41) is 3.45. The molecule has 0 saturated heterocycles. The minimum atomic E-state index is 0.603. The van der Waals surface area contributed by atoms with Crippen LogP contribution in [0.1, 0.15) is 30.8 Å². The van der Waals surface area contributed by atoms with Crippen molar-refractivity contribution in [2.24, 2.45) is 0 Å². The van der Waals surface area contributed by atoms with E-state index in [1.807, 2.05) is 5.51 Å². The lowest BCUT2D eigenvalue weighted by atomic mass is 10.2. The zero-order chi connectivity index (χ0) is 8.97. The maximum Gasteiger partial charge on any atom is 0.0798 e. The van der Waals surface area contributed by atoms with Gasteiger partial charge in [0.25, 0.3) is 0 Å². The highest BCUT2D eigenvalue weighted by molar-refractivity contribution is 7.09. The maximum absolute atomic E-state index is 4.20. The van der Waals surface area contributed by atoms with Gasteiger partial charge in [-0.3, -0.25) is 0 Å². The molecule has 1 heterocycles. The van der Waals surface area contributed by atoms with Gasteiger partial charge in [0.2, 0.25) is 0 Å². The molecule has 2 nitrogen and oxygen atoms in total. The Kier molecular flexibility index (Phi) is 3.69. The lowest BCUT2D eigenvalue weighted by molar-refractivity contribution is 0.536. The SMILES string of the molecule is CCC(C)NCc1scnc1C. The van der Waals surface area contributed by atoms with Crippen LogP contribution in [-0.4, -0.2) is 11.0 Å². The maximum atomic E-state index is 4.20. The van der Waals surface area contributed by atoms with E-state index in [1.54, 1.807) is 11.3 Å². The van der Waals surface area contributed by atoms with Crippen LogP contribution in [0.3, 0.4) is 0 Å². The lowest BCUT2D eigenvalue weighted by Gasteiger charge is -2.09. The van der Waals surface area contributed by atoms with E-state index in [2.05, 4.69) is 31.1 Å². The molecular formula is C9H16N2S. The average Bonchev–Trinajstić information content (AvgIpc) is 2.47. The first-order chi connectivity index (χ1) is 5.74. The minimum absolute atomic E-state index is 0.603. The topological polar surface area (TPSA) is 24.9 Å². The molecule has 0 amide bonds. The summed E-state index contributed by atoms with van der Waals surface area (Å²) in [5.41, 5.74) is 3.07. The zero-order valence-electron chi connectivity index (χ0n) is 7.92. The molecule has 0 bridgehead atoms. The normalized spacial score (nSPS) is 13.2. The van der Waals surface area contributed by atoms with Gasteiger partial charge in [0, 0.05) is 17.5 Å². The van der Waals surface area contributed by atoms with E-state index in [0.29, 0.717) is 6.04 Å². The number of thiazole rings is 1. The predicted molar refractivity (Wildman–Crippen MR) is 53.4 cm³/mol. The Balaban J connectivity index is 2.38. The smallest absolute Gasteiger partial charge is 0.0798 e. The van der Waals surface area contributed by atoms with Crippen molar-refractivity contribution in [3.8, 4) is 0 Å². The molecule has 0 aromatic carbocycles. The monoisotopic (exact) mass is 184 g/mol. The first-order valence-electron chi connectivity index (χ1n) is 4.36. The molecule has 0 fully saturated rings. The molecule has 1 aromatic rings. The number of hydrogen-bond donors (Lipinski definition) is 1. The van der Waals surface area contributed by atoms with Gasteiger partial charge in [-0.05, 0) is 20.3 Å². The molecule has 1 rings (SSSR count). The second kappa shape index (κ2) is 4.58. The summed E-state index contributed by atoms with van der Waals surface area (Å²) >= 11 is 1.73. The summed E-state index contributed by atoms with van der Waals surface area (Å²) in [5.74, 6) is 0. The predicted octanol–water partition coefficient (Wildman–Crippen LogP) is 2.34. The number of hydrogen-bond acceptors (Lipinski definition) is 3. The van der Waals surface area contributed by atoms with Gasteiger partial charge in [-0.1, -0.05) is 6.92 Å². The molecule has 1 N–H and O–H groups in total. The third-order valence-electron chi connectivity index (χ3n) is 2.07. The van der Waals surface area contributed by atoms with Crippen LogP contribution in [0.25, 0.3) is 0 Å². The fourth-order valence-corrected chi connectivity index (χ4v) is 1.64. The summed E-state index contributed by atoms with van der Waals surface area (Å²) in [6.07, 6.45) is 1.18. The van der Waals surface area contributed by atoms with Gasteiger partial charge < -0.3 is 5.32 Å². The Labute approximate surface area is 78.0 Å². The third-order valence-corrected chi connectivity index (χ3v) is 3.00. The van der Waals surface area contributed by atoms with Gasteiger partial charge in [0.1, 0.15) is 0 Å². The van der Waals surface area contributed by atoms with E-state index in [9.17, 15) is 0 Å². The van der Waals surface area contributed by atoms with Crippen LogP contribution >= 0.6 is 11.3 Å². The van der Waals surface area contributed by atoms with Gasteiger partial charge >= 0.3 is 0 Å². The highest BCUT2D eigenvalue weighted by atomic mass is 32.1. The Morgan fingerprint density at radius 1 is 1.67 bits per heavy atom. The van der Waals surface area contributed by atoms with Crippen molar-refractivity contribution in [3.05, 3.63) is 16.1 Å². The first kappa shape index (κ1) is 9.68. The van der Waals surface area contributed by atoms with Gasteiger partial charge in [-0.2, -0.15) is 0 Å². The highest BCUT2D eigenvalue weighted by Gasteiger charge is 2.02. The van der Waals surface area contributed by atoms with Crippen molar-refractivity contribution >= 4 is 11.3 Å². The minimum Gasteiger partial charge on any atom is -0.309 e. The number of aryl methyl sites for hydroxylation is 1. The van der Waals surface area contributed by atoms with Crippen molar-refractivity contribution in [1.29, 1.82) is 0 Å². The van der Waals surface area contributed by atoms with Crippen LogP contribution in [0, 0.1) is 6.92 Å². The molecule has 12 heavy (non-hydrogen) atoms. The quantitative estimate of drug-likeness (QED) is 0.777. The Morgan fingerprint density at radius 2 is 2.42 bits per heavy atom. The summed E-state index contributed by atoms with van der Waals surface area (Å²) in [6.45, 7) is 7.42. The second-order valence-electron chi connectivity index (χ2n) is 3.05. The van der Waals surface area contributed by atoms with Crippen molar-refractivity contribution in [2.45, 2.75) is 39.8 Å². The second-order valence-corrected chi connectivity index (χ2v) is 3.99. The van der Waals surface area contributed by atoms with Gasteiger partial charge in [0.15, 0.2) is 0 Å². The van der Waals surface area contributed by atoms with Gasteiger partial charge in [0.05, 0.1) is 11.2 Å². The number of nitrogens with zero attached hydrogens (tertiary/aromatic N) is 1. The van der Waals surface area contributed by atoms with E-state index in [-0.39, 0.29) is 0 Å². The molecule has 0 saturated carbocycles. The fraction of sp³-hybridized carbons (Fsp3) is 0.667. The Morgan fingerprint density at radius 3 is 2.92 bits per heavy atom. The summed E-state index contributed by atoms with van der Waals surface area (Å²) in [4.78, 5) is 5.56. The lowest BCUT2D eigenvalue weighted by Crippen LogP contribution is -2.24. The molecule has 0 spiro atoms. The van der Waals surface area contributed by atoms with E-state index < -0.39 is 0 Å². The van der Waals surface area contributed by atoms with Crippen molar-refractivity contribution in [2.75, 3.05) is 0 Å². The Bertz CT molecular complexity index is 232. The van der Waals surface area contributed by atoms with Crippen molar-refractivity contribution in [3.63, 3.8) is 0 Å². The zero-order valence-corrected chi connectivity index (χ0v) is 8.74. The van der Waals surface area contributed by atoms with Crippen LogP contribution < -0.4 is 5.32 Å². The van der Waals surface area contributed by atoms with Gasteiger partial charge in [-0.15, -0.1) is 11.3 Å². The molecule has 1 atom stereocenters. The molecule has 68 valence electrons. The molecule has 0 aliphatic heterocycles.